The van der Waals surface area contributed by atoms with E-state index in [9.17, 15) is 19.2 Å². The van der Waals surface area contributed by atoms with Crippen molar-refractivity contribution in [1.29, 1.82) is 0 Å². The molecule has 162 valence electrons. The molecular weight excluding hydrogens is 400 g/mol. The zero-order valence-electron chi connectivity index (χ0n) is 17.4. The van der Waals surface area contributed by atoms with Crippen LogP contribution < -0.4 is 5.32 Å². The monoisotopic (exact) mass is 424 g/mol. The van der Waals surface area contributed by atoms with Crippen LogP contribution in [0.1, 0.15) is 43.1 Å². The third-order valence-electron chi connectivity index (χ3n) is 5.04. The standard InChI is InChI=1S/C23H24N2O6/c1-30-12-6-11-25-21(27)17-10-9-16(14-18(17)22(25)28)20(26)24-19(23(29)31-2)13-15-7-4-3-5-8-15/h3-5,7-10,14,19H,6,11-13H2,1-2H3,(H,24,26). The third-order valence-corrected chi connectivity index (χ3v) is 5.04. The molecule has 1 atom stereocenters. The maximum absolute atomic E-state index is 12.8. The molecule has 0 saturated carbocycles. The molecule has 0 radical (unpaired) electrons. The van der Waals surface area contributed by atoms with Gasteiger partial charge < -0.3 is 14.8 Å². The maximum atomic E-state index is 12.8. The van der Waals surface area contributed by atoms with Crippen molar-refractivity contribution in [3.05, 3.63) is 70.8 Å². The first-order chi connectivity index (χ1) is 15.0. The van der Waals surface area contributed by atoms with E-state index in [0.717, 1.165) is 10.5 Å². The average molecular weight is 424 g/mol. The molecule has 31 heavy (non-hydrogen) atoms. The molecule has 1 aliphatic rings. The van der Waals surface area contributed by atoms with Crippen LogP contribution in [-0.4, -0.2) is 62.0 Å². The van der Waals surface area contributed by atoms with Crippen molar-refractivity contribution in [3.63, 3.8) is 0 Å². The second kappa shape index (κ2) is 9.99. The molecule has 0 aromatic heterocycles. The van der Waals surface area contributed by atoms with Gasteiger partial charge in [0.1, 0.15) is 6.04 Å². The van der Waals surface area contributed by atoms with E-state index in [-0.39, 0.29) is 35.6 Å². The quantitative estimate of drug-likeness (QED) is 0.374. The minimum Gasteiger partial charge on any atom is -0.467 e. The summed E-state index contributed by atoms with van der Waals surface area (Å²) in [5.74, 6) is -1.94. The predicted molar refractivity (Wildman–Crippen MR) is 112 cm³/mol. The molecular formula is C23H24N2O6. The molecule has 8 heteroatoms. The van der Waals surface area contributed by atoms with E-state index >= 15 is 0 Å². The highest BCUT2D eigenvalue weighted by atomic mass is 16.5. The van der Waals surface area contributed by atoms with Crippen molar-refractivity contribution >= 4 is 23.7 Å². The van der Waals surface area contributed by atoms with Crippen LogP contribution in [0, 0.1) is 0 Å². The van der Waals surface area contributed by atoms with E-state index in [1.807, 2.05) is 30.3 Å². The molecule has 0 saturated heterocycles. The Hall–Kier alpha value is -3.52. The highest BCUT2D eigenvalue weighted by molar-refractivity contribution is 6.22. The lowest BCUT2D eigenvalue weighted by Crippen LogP contribution is -2.43. The first-order valence-electron chi connectivity index (χ1n) is 9.88. The number of hydrogen-bond donors (Lipinski definition) is 1. The first-order valence-corrected chi connectivity index (χ1v) is 9.88. The lowest BCUT2D eigenvalue weighted by atomic mass is 10.0. The summed E-state index contributed by atoms with van der Waals surface area (Å²) in [4.78, 5) is 51.3. The topological polar surface area (TPSA) is 102 Å². The number of imide groups is 1. The van der Waals surface area contributed by atoms with Gasteiger partial charge in [0.25, 0.3) is 17.7 Å². The van der Waals surface area contributed by atoms with Crippen molar-refractivity contribution in [2.24, 2.45) is 0 Å². The van der Waals surface area contributed by atoms with Crippen molar-refractivity contribution in [2.75, 3.05) is 27.4 Å². The zero-order valence-corrected chi connectivity index (χ0v) is 17.4. The number of rotatable bonds is 9. The number of carbonyl (C=O) groups is 4. The Balaban J connectivity index is 1.76. The Morgan fingerprint density at radius 3 is 2.39 bits per heavy atom. The van der Waals surface area contributed by atoms with Crippen molar-refractivity contribution in [3.8, 4) is 0 Å². The molecule has 3 rings (SSSR count). The summed E-state index contributed by atoms with van der Waals surface area (Å²) in [6, 6.07) is 12.7. The lowest BCUT2D eigenvalue weighted by Gasteiger charge is -2.17. The molecule has 1 N–H and O–H groups in total. The van der Waals surface area contributed by atoms with Crippen LogP contribution in [0.3, 0.4) is 0 Å². The van der Waals surface area contributed by atoms with Crippen LogP contribution in [-0.2, 0) is 20.7 Å². The molecule has 0 spiro atoms. The van der Waals surface area contributed by atoms with Gasteiger partial charge in [-0.3, -0.25) is 19.3 Å². The SMILES string of the molecule is COCCCN1C(=O)c2ccc(C(=O)NC(Cc3ccccc3)C(=O)OC)cc2C1=O. The fourth-order valence-corrected chi connectivity index (χ4v) is 3.43. The van der Waals surface area contributed by atoms with Crippen LogP contribution >= 0.6 is 0 Å². The number of ether oxygens (including phenoxy) is 2. The number of nitrogens with zero attached hydrogens (tertiary/aromatic N) is 1. The van der Waals surface area contributed by atoms with Crippen molar-refractivity contribution in [2.45, 2.75) is 18.9 Å². The smallest absolute Gasteiger partial charge is 0.328 e. The summed E-state index contributed by atoms with van der Waals surface area (Å²) >= 11 is 0. The molecule has 0 aliphatic carbocycles. The van der Waals surface area contributed by atoms with Crippen molar-refractivity contribution in [1.82, 2.24) is 10.2 Å². The first kappa shape index (κ1) is 22.2. The Morgan fingerprint density at radius 1 is 1.00 bits per heavy atom. The van der Waals surface area contributed by atoms with E-state index in [4.69, 9.17) is 9.47 Å². The highest BCUT2D eigenvalue weighted by Crippen LogP contribution is 2.24. The summed E-state index contributed by atoms with van der Waals surface area (Å²) in [6.07, 6.45) is 0.782. The van der Waals surface area contributed by atoms with E-state index in [0.29, 0.717) is 13.0 Å². The van der Waals surface area contributed by atoms with Gasteiger partial charge in [-0.05, 0) is 30.2 Å². The zero-order chi connectivity index (χ0) is 22.4. The van der Waals surface area contributed by atoms with E-state index in [1.54, 1.807) is 7.11 Å². The van der Waals surface area contributed by atoms with E-state index in [2.05, 4.69) is 5.32 Å². The Kier molecular flexibility index (Phi) is 7.15. The number of fused-ring (bicyclic) bond motifs is 1. The summed E-state index contributed by atoms with van der Waals surface area (Å²) in [5, 5.41) is 2.66. The molecule has 3 amide bonds. The minimum atomic E-state index is -0.893. The fraction of sp³-hybridized carbons (Fsp3) is 0.304. The molecule has 0 bridgehead atoms. The van der Waals surface area contributed by atoms with E-state index in [1.165, 1.54) is 25.3 Å². The molecule has 8 nitrogen and oxygen atoms in total. The minimum absolute atomic E-state index is 0.174. The normalized spacial score (nSPS) is 13.7. The summed E-state index contributed by atoms with van der Waals surface area (Å²) in [6.45, 7) is 0.667. The summed E-state index contributed by atoms with van der Waals surface area (Å²) < 4.78 is 9.79. The third kappa shape index (κ3) is 4.97. The molecule has 1 unspecified atom stereocenters. The Bertz CT molecular complexity index is 989. The van der Waals surface area contributed by atoms with Crippen LogP contribution in [0.15, 0.2) is 48.5 Å². The van der Waals surface area contributed by atoms with Gasteiger partial charge >= 0.3 is 5.97 Å². The molecule has 1 aliphatic heterocycles. The second-order valence-electron chi connectivity index (χ2n) is 7.11. The van der Waals surface area contributed by atoms with Gasteiger partial charge in [-0.15, -0.1) is 0 Å². The summed E-state index contributed by atoms with van der Waals surface area (Å²) in [7, 11) is 2.80. The number of benzene rings is 2. The largest absolute Gasteiger partial charge is 0.467 e. The van der Waals surface area contributed by atoms with Crippen LogP contribution in [0.25, 0.3) is 0 Å². The number of carbonyl (C=O) groups excluding carboxylic acids is 4. The number of methoxy groups -OCH3 is 2. The van der Waals surface area contributed by atoms with Crippen LogP contribution in [0.5, 0.6) is 0 Å². The Morgan fingerprint density at radius 2 is 1.71 bits per heavy atom. The van der Waals surface area contributed by atoms with Gasteiger partial charge in [0.2, 0.25) is 0 Å². The molecule has 2 aromatic rings. The highest BCUT2D eigenvalue weighted by Gasteiger charge is 2.35. The predicted octanol–water partition coefficient (Wildman–Crippen LogP) is 1.83. The van der Waals surface area contributed by atoms with E-state index < -0.39 is 23.8 Å². The van der Waals surface area contributed by atoms with Crippen LogP contribution in [0.4, 0.5) is 0 Å². The number of hydrogen-bond acceptors (Lipinski definition) is 6. The summed E-state index contributed by atoms with van der Waals surface area (Å²) in [5.41, 5.74) is 1.47. The number of nitrogens with one attached hydrogen (secondary N) is 1. The van der Waals surface area contributed by atoms with Gasteiger partial charge in [0, 0.05) is 32.2 Å². The van der Waals surface area contributed by atoms with Gasteiger partial charge in [0.05, 0.1) is 18.2 Å². The lowest BCUT2D eigenvalue weighted by molar-refractivity contribution is -0.142. The number of esters is 1. The van der Waals surface area contributed by atoms with Gasteiger partial charge in [-0.1, -0.05) is 30.3 Å². The average Bonchev–Trinajstić information content (AvgIpc) is 3.03. The Labute approximate surface area is 180 Å². The molecule has 1 heterocycles. The van der Waals surface area contributed by atoms with Gasteiger partial charge in [0.15, 0.2) is 0 Å². The van der Waals surface area contributed by atoms with Crippen molar-refractivity contribution < 1.29 is 28.7 Å². The van der Waals surface area contributed by atoms with Gasteiger partial charge in [-0.25, -0.2) is 4.79 Å². The molecule has 2 aromatic carbocycles. The fourth-order valence-electron chi connectivity index (χ4n) is 3.43. The van der Waals surface area contributed by atoms with Crippen LogP contribution in [0.2, 0.25) is 0 Å². The van der Waals surface area contributed by atoms with Gasteiger partial charge in [-0.2, -0.15) is 0 Å². The maximum Gasteiger partial charge on any atom is 0.328 e. The second-order valence-corrected chi connectivity index (χ2v) is 7.11. The molecule has 0 fully saturated rings. The number of amides is 3.